The number of carbonyl (C=O) groups excluding carboxylic acids is 1. The number of hydrogen-bond acceptors (Lipinski definition) is 3. The van der Waals surface area contributed by atoms with Crippen molar-refractivity contribution in [1.82, 2.24) is 0 Å². The maximum atomic E-state index is 11.9. The molecule has 3 rings (SSSR count). The molecular formula is C18H15NO2. The van der Waals surface area contributed by atoms with Gasteiger partial charge in [-0.25, -0.2) is 0 Å². The largest absolute Gasteiger partial charge is 0.411 e. The Morgan fingerprint density at radius 2 is 1.81 bits per heavy atom. The maximum absolute atomic E-state index is 11.9. The fraction of sp³-hybridized carbons (Fsp3) is 0.111. The summed E-state index contributed by atoms with van der Waals surface area (Å²) in [6.45, 7) is 1.49. The SMILES string of the molecule is CC(=NO)C(=O)c1ccc(C2=Cc3ccccc3C2)cc1. The van der Waals surface area contributed by atoms with Gasteiger partial charge in [-0.1, -0.05) is 59.8 Å². The Balaban J connectivity index is 1.85. The van der Waals surface area contributed by atoms with Crippen LogP contribution in [0.2, 0.25) is 0 Å². The summed E-state index contributed by atoms with van der Waals surface area (Å²) >= 11 is 0. The maximum Gasteiger partial charge on any atom is 0.210 e. The number of Topliss-reactive ketones (excluding diaryl/α,β-unsaturated/α-hetero) is 1. The first-order valence-electron chi connectivity index (χ1n) is 6.81. The summed E-state index contributed by atoms with van der Waals surface area (Å²) in [5, 5.41) is 11.6. The lowest BCUT2D eigenvalue weighted by Crippen LogP contribution is -2.10. The number of nitrogens with zero attached hydrogens (tertiary/aromatic N) is 1. The summed E-state index contributed by atoms with van der Waals surface area (Å²) in [4.78, 5) is 11.9. The molecule has 0 fully saturated rings. The summed E-state index contributed by atoms with van der Waals surface area (Å²) in [6, 6.07) is 15.8. The molecule has 0 unspecified atom stereocenters. The highest BCUT2D eigenvalue weighted by Crippen LogP contribution is 2.31. The van der Waals surface area contributed by atoms with Crippen LogP contribution < -0.4 is 0 Å². The molecule has 0 spiro atoms. The van der Waals surface area contributed by atoms with Gasteiger partial charge in [0.05, 0.1) is 0 Å². The molecule has 3 heteroatoms. The van der Waals surface area contributed by atoms with Gasteiger partial charge in [0.15, 0.2) is 0 Å². The molecule has 1 aliphatic carbocycles. The van der Waals surface area contributed by atoms with Gasteiger partial charge >= 0.3 is 0 Å². The second-order valence-electron chi connectivity index (χ2n) is 5.14. The summed E-state index contributed by atoms with van der Waals surface area (Å²) in [6.07, 6.45) is 3.10. The lowest BCUT2D eigenvalue weighted by atomic mass is 10.00. The molecule has 0 saturated heterocycles. The second-order valence-corrected chi connectivity index (χ2v) is 5.14. The minimum Gasteiger partial charge on any atom is -0.411 e. The molecule has 2 aromatic carbocycles. The molecule has 0 bridgehead atoms. The van der Waals surface area contributed by atoms with Gasteiger partial charge in [0.25, 0.3) is 0 Å². The van der Waals surface area contributed by atoms with Crippen molar-refractivity contribution in [2.24, 2.45) is 5.16 Å². The van der Waals surface area contributed by atoms with Crippen molar-refractivity contribution >= 4 is 23.1 Å². The Bertz CT molecular complexity index is 755. The lowest BCUT2D eigenvalue weighted by molar-refractivity contribution is 0.106. The van der Waals surface area contributed by atoms with E-state index in [0.717, 1.165) is 12.0 Å². The Kier molecular flexibility index (Phi) is 3.40. The quantitative estimate of drug-likeness (QED) is 0.401. The van der Waals surface area contributed by atoms with E-state index in [9.17, 15) is 4.79 Å². The zero-order chi connectivity index (χ0) is 14.8. The molecule has 0 atom stereocenters. The highest BCUT2D eigenvalue weighted by Gasteiger charge is 2.14. The van der Waals surface area contributed by atoms with E-state index in [1.54, 1.807) is 12.1 Å². The van der Waals surface area contributed by atoms with Crippen molar-refractivity contribution in [3.05, 3.63) is 70.8 Å². The first-order chi connectivity index (χ1) is 10.2. The van der Waals surface area contributed by atoms with Crippen LogP contribution in [0.25, 0.3) is 11.6 Å². The van der Waals surface area contributed by atoms with Crippen molar-refractivity contribution < 1.29 is 10.0 Å². The molecular weight excluding hydrogens is 262 g/mol. The van der Waals surface area contributed by atoms with E-state index in [4.69, 9.17) is 5.21 Å². The average molecular weight is 277 g/mol. The molecule has 2 aromatic rings. The number of hydrogen-bond donors (Lipinski definition) is 1. The van der Waals surface area contributed by atoms with Gasteiger partial charge in [-0.3, -0.25) is 4.79 Å². The number of benzene rings is 2. The first kappa shape index (κ1) is 13.3. The van der Waals surface area contributed by atoms with Crippen LogP contribution >= 0.6 is 0 Å². The zero-order valence-corrected chi connectivity index (χ0v) is 11.7. The predicted octanol–water partition coefficient (Wildman–Crippen LogP) is 3.82. The molecule has 0 radical (unpaired) electrons. The van der Waals surface area contributed by atoms with Gasteiger partial charge in [-0.2, -0.15) is 0 Å². The molecule has 0 aromatic heterocycles. The normalized spacial score (nSPS) is 13.8. The summed E-state index contributed by atoms with van der Waals surface area (Å²) in [7, 11) is 0. The minimum atomic E-state index is -0.257. The van der Waals surface area contributed by atoms with Gasteiger partial charge in [0, 0.05) is 5.56 Å². The molecule has 1 aliphatic rings. The molecule has 0 saturated carbocycles. The fourth-order valence-electron chi connectivity index (χ4n) is 2.56. The molecule has 3 nitrogen and oxygen atoms in total. The van der Waals surface area contributed by atoms with E-state index in [-0.39, 0.29) is 11.5 Å². The van der Waals surface area contributed by atoms with Crippen LogP contribution in [0, 0.1) is 0 Å². The van der Waals surface area contributed by atoms with Crippen LogP contribution in [0.4, 0.5) is 0 Å². The number of carbonyl (C=O) groups is 1. The minimum absolute atomic E-state index is 0.0928. The summed E-state index contributed by atoms with van der Waals surface area (Å²) in [5.74, 6) is -0.257. The summed E-state index contributed by atoms with van der Waals surface area (Å²) in [5.41, 5.74) is 5.58. The average Bonchev–Trinajstić information content (AvgIpc) is 2.97. The monoisotopic (exact) mass is 277 g/mol. The zero-order valence-electron chi connectivity index (χ0n) is 11.7. The van der Waals surface area contributed by atoms with E-state index in [1.807, 2.05) is 24.3 Å². The van der Waals surface area contributed by atoms with Crippen LogP contribution in [0.3, 0.4) is 0 Å². The molecule has 21 heavy (non-hydrogen) atoms. The van der Waals surface area contributed by atoms with Crippen LogP contribution in [0.5, 0.6) is 0 Å². The smallest absolute Gasteiger partial charge is 0.210 e. The van der Waals surface area contributed by atoms with Crippen molar-refractivity contribution in [3.8, 4) is 0 Å². The number of allylic oxidation sites excluding steroid dienone is 1. The Morgan fingerprint density at radius 3 is 2.48 bits per heavy atom. The van der Waals surface area contributed by atoms with E-state index in [1.165, 1.54) is 23.6 Å². The second kappa shape index (κ2) is 5.37. The van der Waals surface area contributed by atoms with E-state index >= 15 is 0 Å². The molecule has 1 N–H and O–H groups in total. The van der Waals surface area contributed by atoms with Crippen LogP contribution in [0.1, 0.15) is 34.0 Å². The third-order valence-electron chi connectivity index (χ3n) is 3.76. The molecule has 0 aliphatic heterocycles. The molecule has 0 amide bonds. The fourth-order valence-corrected chi connectivity index (χ4v) is 2.56. The Morgan fingerprint density at radius 1 is 1.10 bits per heavy atom. The molecule has 104 valence electrons. The van der Waals surface area contributed by atoms with Crippen molar-refractivity contribution in [1.29, 1.82) is 0 Å². The van der Waals surface area contributed by atoms with Gasteiger partial charge < -0.3 is 5.21 Å². The van der Waals surface area contributed by atoms with Crippen LogP contribution in [0.15, 0.2) is 53.7 Å². The first-order valence-corrected chi connectivity index (χ1v) is 6.81. The van der Waals surface area contributed by atoms with Gasteiger partial charge in [-0.15, -0.1) is 0 Å². The Labute approximate surface area is 123 Å². The van der Waals surface area contributed by atoms with E-state index in [0.29, 0.717) is 5.56 Å². The van der Waals surface area contributed by atoms with Crippen LogP contribution in [-0.2, 0) is 6.42 Å². The number of rotatable bonds is 3. The predicted molar refractivity (Wildman–Crippen MR) is 83.7 cm³/mol. The third-order valence-corrected chi connectivity index (χ3v) is 3.76. The van der Waals surface area contributed by atoms with Gasteiger partial charge in [-0.05, 0) is 35.6 Å². The van der Waals surface area contributed by atoms with Crippen molar-refractivity contribution in [3.63, 3.8) is 0 Å². The number of fused-ring (bicyclic) bond motifs is 1. The highest BCUT2D eigenvalue weighted by atomic mass is 16.4. The van der Waals surface area contributed by atoms with Crippen molar-refractivity contribution in [2.75, 3.05) is 0 Å². The summed E-state index contributed by atoms with van der Waals surface area (Å²) < 4.78 is 0. The van der Waals surface area contributed by atoms with Gasteiger partial charge in [0.1, 0.15) is 5.71 Å². The highest BCUT2D eigenvalue weighted by molar-refractivity contribution is 6.45. The van der Waals surface area contributed by atoms with E-state index < -0.39 is 0 Å². The van der Waals surface area contributed by atoms with Crippen molar-refractivity contribution in [2.45, 2.75) is 13.3 Å². The topological polar surface area (TPSA) is 49.7 Å². The molecule has 0 heterocycles. The van der Waals surface area contributed by atoms with Crippen LogP contribution in [-0.4, -0.2) is 16.7 Å². The Hall–Kier alpha value is -2.68. The van der Waals surface area contributed by atoms with Gasteiger partial charge in [0.2, 0.25) is 5.78 Å². The van der Waals surface area contributed by atoms with E-state index in [2.05, 4.69) is 23.4 Å². The number of ketones is 1. The lowest BCUT2D eigenvalue weighted by Gasteiger charge is -2.04. The standard InChI is InChI=1S/C18H15NO2/c1-12(19-21)18(20)14-8-6-13(7-9-14)17-10-15-4-2-3-5-16(15)11-17/h2-10,21H,11H2,1H3. The third kappa shape index (κ3) is 2.50. The number of oxime groups is 1.